The highest BCUT2D eigenvalue weighted by atomic mass is 32.1. The van der Waals surface area contributed by atoms with Crippen LogP contribution in [0.1, 0.15) is 23.3 Å². The Hall–Kier alpha value is -0.610. The molecule has 76 valence electrons. The van der Waals surface area contributed by atoms with E-state index in [2.05, 4.69) is 29.0 Å². The van der Waals surface area contributed by atoms with Gasteiger partial charge in [-0.25, -0.2) is 0 Å². The molecule has 1 fully saturated rings. The first-order valence-corrected chi connectivity index (χ1v) is 6.12. The fourth-order valence-electron chi connectivity index (χ4n) is 1.21. The van der Waals surface area contributed by atoms with Crippen molar-refractivity contribution >= 4 is 28.7 Å². The van der Waals surface area contributed by atoms with Gasteiger partial charge in [0.2, 0.25) is 0 Å². The van der Waals surface area contributed by atoms with E-state index >= 15 is 0 Å². The van der Waals surface area contributed by atoms with Gasteiger partial charge >= 0.3 is 0 Å². The predicted molar refractivity (Wildman–Crippen MR) is 64.7 cm³/mol. The SMILES string of the molecule is Cc1ccsc1CNC(=S)NC1CC1. The summed E-state index contributed by atoms with van der Waals surface area (Å²) in [5.41, 5.74) is 1.34. The van der Waals surface area contributed by atoms with E-state index in [0.717, 1.165) is 11.7 Å². The maximum absolute atomic E-state index is 5.17. The zero-order valence-corrected chi connectivity index (χ0v) is 9.80. The lowest BCUT2D eigenvalue weighted by atomic mass is 10.3. The molecule has 14 heavy (non-hydrogen) atoms. The zero-order valence-electron chi connectivity index (χ0n) is 8.17. The third-order valence-electron chi connectivity index (χ3n) is 2.29. The summed E-state index contributed by atoms with van der Waals surface area (Å²) in [6, 6.07) is 2.78. The Morgan fingerprint density at radius 1 is 1.64 bits per heavy atom. The molecule has 2 N–H and O–H groups in total. The Bertz CT molecular complexity index is 329. The van der Waals surface area contributed by atoms with E-state index in [0.29, 0.717) is 6.04 Å². The van der Waals surface area contributed by atoms with Crippen molar-refractivity contribution in [2.24, 2.45) is 0 Å². The Morgan fingerprint density at radius 3 is 3.00 bits per heavy atom. The van der Waals surface area contributed by atoms with Gasteiger partial charge in [0.15, 0.2) is 5.11 Å². The largest absolute Gasteiger partial charge is 0.360 e. The standard InChI is InChI=1S/C10H14N2S2/c1-7-4-5-14-9(7)6-11-10(13)12-8-2-3-8/h4-5,8H,2-3,6H2,1H3,(H2,11,12,13). The topological polar surface area (TPSA) is 24.1 Å². The molecular formula is C10H14N2S2. The minimum absolute atomic E-state index is 0.638. The summed E-state index contributed by atoms with van der Waals surface area (Å²) in [7, 11) is 0. The van der Waals surface area contributed by atoms with E-state index in [1.807, 2.05) is 0 Å². The van der Waals surface area contributed by atoms with Crippen LogP contribution >= 0.6 is 23.6 Å². The fourth-order valence-corrected chi connectivity index (χ4v) is 2.29. The maximum Gasteiger partial charge on any atom is 0.166 e. The molecule has 0 aliphatic heterocycles. The van der Waals surface area contributed by atoms with Crippen LogP contribution in [-0.4, -0.2) is 11.2 Å². The summed E-state index contributed by atoms with van der Waals surface area (Å²) in [4.78, 5) is 1.37. The predicted octanol–water partition coefficient (Wildman–Crippen LogP) is 2.18. The highest BCUT2D eigenvalue weighted by Gasteiger charge is 2.21. The van der Waals surface area contributed by atoms with Crippen LogP contribution in [0.2, 0.25) is 0 Å². The molecule has 4 heteroatoms. The van der Waals surface area contributed by atoms with Crippen LogP contribution in [0, 0.1) is 6.92 Å². The van der Waals surface area contributed by atoms with E-state index in [1.54, 1.807) is 11.3 Å². The lowest BCUT2D eigenvalue weighted by Gasteiger charge is -2.08. The summed E-state index contributed by atoms with van der Waals surface area (Å²) in [6.07, 6.45) is 2.53. The Morgan fingerprint density at radius 2 is 2.43 bits per heavy atom. The average molecular weight is 226 g/mol. The number of nitrogens with one attached hydrogen (secondary N) is 2. The van der Waals surface area contributed by atoms with Gasteiger partial charge in [0.25, 0.3) is 0 Å². The number of aryl methyl sites for hydroxylation is 1. The van der Waals surface area contributed by atoms with Crippen LogP contribution in [0.15, 0.2) is 11.4 Å². The highest BCUT2D eigenvalue weighted by Crippen LogP contribution is 2.18. The minimum atomic E-state index is 0.638. The van der Waals surface area contributed by atoms with Crippen molar-refractivity contribution in [2.75, 3.05) is 0 Å². The second-order valence-corrected chi connectivity index (χ2v) is 5.04. The van der Waals surface area contributed by atoms with E-state index in [9.17, 15) is 0 Å². The molecule has 2 nitrogen and oxygen atoms in total. The van der Waals surface area contributed by atoms with Crippen LogP contribution in [0.25, 0.3) is 0 Å². The molecule has 1 aliphatic rings. The van der Waals surface area contributed by atoms with Gasteiger partial charge < -0.3 is 10.6 Å². The molecule has 0 saturated heterocycles. The van der Waals surface area contributed by atoms with Crippen molar-refractivity contribution in [2.45, 2.75) is 32.4 Å². The van der Waals surface area contributed by atoms with Crippen LogP contribution in [-0.2, 0) is 6.54 Å². The summed E-state index contributed by atoms with van der Waals surface area (Å²) >= 11 is 6.95. The van der Waals surface area contributed by atoms with Gasteiger partial charge in [0.05, 0.1) is 6.54 Å². The van der Waals surface area contributed by atoms with E-state index in [1.165, 1.54) is 23.3 Å². The Kier molecular flexibility index (Phi) is 3.03. The molecule has 0 unspecified atom stereocenters. The molecule has 0 bridgehead atoms. The van der Waals surface area contributed by atoms with Crippen molar-refractivity contribution in [3.63, 3.8) is 0 Å². The van der Waals surface area contributed by atoms with E-state index < -0.39 is 0 Å². The smallest absolute Gasteiger partial charge is 0.166 e. The van der Waals surface area contributed by atoms with Gasteiger partial charge in [-0.1, -0.05) is 0 Å². The summed E-state index contributed by atoms with van der Waals surface area (Å²) in [5, 5.41) is 9.40. The van der Waals surface area contributed by atoms with Gasteiger partial charge in [0.1, 0.15) is 0 Å². The van der Waals surface area contributed by atoms with Crippen LogP contribution < -0.4 is 10.6 Å². The molecule has 0 atom stereocenters. The van der Waals surface area contributed by atoms with Crippen molar-refractivity contribution in [3.05, 3.63) is 21.9 Å². The molecular weight excluding hydrogens is 212 g/mol. The van der Waals surface area contributed by atoms with Crippen LogP contribution in [0.3, 0.4) is 0 Å². The summed E-state index contributed by atoms with van der Waals surface area (Å²) in [5.74, 6) is 0. The number of hydrogen-bond donors (Lipinski definition) is 2. The number of thiocarbonyl (C=S) groups is 1. The van der Waals surface area contributed by atoms with E-state index in [4.69, 9.17) is 12.2 Å². The molecule has 1 aromatic rings. The number of thiophene rings is 1. The molecule has 1 aromatic heterocycles. The molecule has 1 aliphatic carbocycles. The van der Waals surface area contributed by atoms with Crippen LogP contribution in [0.4, 0.5) is 0 Å². The van der Waals surface area contributed by atoms with Crippen molar-refractivity contribution in [1.82, 2.24) is 10.6 Å². The number of rotatable bonds is 3. The van der Waals surface area contributed by atoms with Crippen molar-refractivity contribution < 1.29 is 0 Å². The van der Waals surface area contributed by atoms with Gasteiger partial charge in [-0.05, 0) is 49.0 Å². The lowest BCUT2D eigenvalue weighted by Crippen LogP contribution is -2.35. The Labute approximate surface area is 93.7 Å². The average Bonchev–Trinajstić information content (AvgIpc) is 2.86. The third kappa shape index (κ3) is 2.69. The molecule has 0 aromatic carbocycles. The second-order valence-electron chi connectivity index (χ2n) is 3.63. The summed E-state index contributed by atoms with van der Waals surface area (Å²) in [6.45, 7) is 2.98. The first-order chi connectivity index (χ1) is 6.75. The molecule has 0 radical (unpaired) electrons. The summed E-state index contributed by atoms with van der Waals surface area (Å²) < 4.78 is 0. The molecule has 0 amide bonds. The van der Waals surface area contributed by atoms with Gasteiger partial charge in [0, 0.05) is 10.9 Å². The zero-order chi connectivity index (χ0) is 9.97. The first kappa shape index (κ1) is 9.93. The molecule has 1 heterocycles. The molecule has 2 rings (SSSR count). The first-order valence-electron chi connectivity index (χ1n) is 4.83. The van der Waals surface area contributed by atoms with Gasteiger partial charge in [-0.15, -0.1) is 11.3 Å². The van der Waals surface area contributed by atoms with E-state index in [-0.39, 0.29) is 0 Å². The van der Waals surface area contributed by atoms with Crippen molar-refractivity contribution in [1.29, 1.82) is 0 Å². The van der Waals surface area contributed by atoms with Gasteiger partial charge in [-0.3, -0.25) is 0 Å². The molecule has 0 spiro atoms. The van der Waals surface area contributed by atoms with Gasteiger partial charge in [-0.2, -0.15) is 0 Å². The fraction of sp³-hybridized carbons (Fsp3) is 0.500. The highest BCUT2D eigenvalue weighted by molar-refractivity contribution is 7.80. The number of hydrogen-bond acceptors (Lipinski definition) is 2. The van der Waals surface area contributed by atoms with Crippen LogP contribution in [0.5, 0.6) is 0 Å². The quantitative estimate of drug-likeness (QED) is 0.773. The monoisotopic (exact) mass is 226 g/mol. The second kappa shape index (κ2) is 4.28. The van der Waals surface area contributed by atoms with Crippen molar-refractivity contribution in [3.8, 4) is 0 Å². The third-order valence-corrected chi connectivity index (χ3v) is 3.58. The normalized spacial score (nSPS) is 15.2. The molecule has 1 saturated carbocycles. The Balaban J connectivity index is 1.76. The maximum atomic E-state index is 5.17. The lowest BCUT2D eigenvalue weighted by molar-refractivity contribution is 0.834. The minimum Gasteiger partial charge on any atom is -0.360 e.